The number of hydrogen-bond acceptors (Lipinski definition) is 2. The van der Waals surface area contributed by atoms with Crippen LogP contribution in [0, 0.1) is 0 Å². The fourth-order valence-corrected chi connectivity index (χ4v) is 3.19. The molecule has 106 valence electrons. The molecular formula is C18H23NS. The molecule has 2 rings (SSSR count). The lowest BCUT2D eigenvalue weighted by molar-refractivity contribution is 0.715. The molecule has 0 radical (unpaired) electrons. The molecule has 2 aromatic carbocycles. The molecule has 2 atom stereocenters. The maximum Gasteiger partial charge on any atom is 0.0416 e. The summed E-state index contributed by atoms with van der Waals surface area (Å²) < 4.78 is 0. The first-order chi connectivity index (χ1) is 9.58. The summed E-state index contributed by atoms with van der Waals surface area (Å²) in [6, 6.07) is 19.2. The molecule has 2 unspecified atom stereocenters. The Kier molecular flexibility index (Phi) is 5.27. The molecule has 1 nitrogen and oxygen atoms in total. The van der Waals surface area contributed by atoms with Gasteiger partial charge in [-0.15, -0.1) is 11.8 Å². The molecule has 2 N–H and O–H groups in total. The molecule has 20 heavy (non-hydrogen) atoms. The van der Waals surface area contributed by atoms with Crippen molar-refractivity contribution in [3.8, 4) is 0 Å². The van der Waals surface area contributed by atoms with E-state index in [0.29, 0.717) is 11.2 Å². The van der Waals surface area contributed by atoms with Crippen molar-refractivity contribution in [2.75, 3.05) is 0 Å². The second-order valence-electron chi connectivity index (χ2n) is 5.48. The highest BCUT2D eigenvalue weighted by Gasteiger charge is 2.15. The SMILES string of the molecule is CC(C)c1ccc(SC(C)C(N)c2ccccc2)cc1. The van der Waals surface area contributed by atoms with Gasteiger partial charge in [0, 0.05) is 16.2 Å². The van der Waals surface area contributed by atoms with E-state index in [-0.39, 0.29) is 6.04 Å². The Morgan fingerprint density at radius 2 is 1.40 bits per heavy atom. The maximum atomic E-state index is 6.34. The van der Waals surface area contributed by atoms with Crippen LogP contribution in [0.15, 0.2) is 59.5 Å². The molecule has 0 aliphatic rings. The van der Waals surface area contributed by atoms with Crippen LogP contribution >= 0.6 is 11.8 Å². The van der Waals surface area contributed by atoms with Gasteiger partial charge in [-0.25, -0.2) is 0 Å². The number of hydrogen-bond donors (Lipinski definition) is 1. The zero-order valence-electron chi connectivity index (χ0n) is 12.4. The van der Waals surface area contributed by atoms with Crippen LogP contribution in [0.1, 0.15) is 43.9 Å². The van der Waals surface area contributed by atoms with E-state index in [1.54, 1.807) is 0 Å². The first-order valence-electron chi connectivity index (χ1n) is 7.15. The van der Waals surface area contributed by atoms with Gasteiger partial charge in [-0.1, -0.05) is 63.2 Å². The van der Waals surface area contributed by atoms with Crippen molar-refractivity contribution < 1.29 is 0 Å². The molecule has 0 spiro atoms. The topological polar surface area (TPSA) is 26.0 Å². The van der Waals surface area contributed by atoms with E-state index in [0.717, 1.165) is 0 Å². The summed E-state index contributed by atoms with van der Waals surface area (Å²) in [6.45, 7) is 6.63. The fraction of sp³-hybridized carbons (Fsp3) is 0.333. The molecule has 0 aliphatic heterocycles. The Bertz CT molecular complexity index is 519. The standard InChI is InChI=1S/C18H23NS/c1-13(2)15-9-11-17(12-10-15)20-14(3)18(19)16-7-5-4-6-8-16/h4-14,18H,19H2,1-3H3. The van der Waals surface area contributed by atoms with Crippen LogP contribution in [-0.2, 0) is 0 Å². The van der Waals surface area contributed by atoms with Gasteiger partial charge in [0.1, 0.15) is 0 Å². The van der Waals surface area contributed by atoms with E-state index in [1.165, 1.54) is 16.0 Å². The van der Waals surface area contributed by atoms with Gasteiger partial charge in [0.2, 0.25) is 0 Å². The molecule has 0 saturated carbocycles. The third-order valence-corrected chi connectivity index (χ3v) is 4.77. The first kappa shape index (κ1) is 15.1. The molecule has 0 amide bonds. The van der Waals surface area contributed by atoms with Crippen LogP contribution in [0.2, 0.25) is 0 Å². The van der Waals surface area contributed by atoms with E-state index < -0.39 is 0 Å². The van der Waals surface area contributed by atoms with Crippen LogP contribution in [0.25, 0.3) is 0 Å². The van der Waals surface area contributed by atoms with E-state index in [9.17, 15) is 0 Å². The van der Waals surface area contributed by atoms with Gasteiger partial charge in [-0.2, -0.15) is 0 Å². The van der Waals surface area contributed by atoms with Crippen molar-refractivity contribution in [3.63, 3.8) is 0 Å². The summed E-state index contributed by atoms with van der Waals surface area (Å²) in [5, 5.41) is 0.349. The second-order valence-corrected chi connectivity index (χ2v) is 6.93. The van der Waals surface area contributed by atoms with Crippen molar-refractivity contribution in [1.82, 2.24) is 0 Å². The predicted molar refractivity (Wildman–Crippen MR) is 89.2 cm³/mol. The normalized spacial score (nSPS) is 14.2. The Hall–Kier alpha value is -1.25. The summed E-state index contributed by atoms with van der Waals surface area (Å²) in [5.74, 6) is 0.582. The third kappa shape index (κ3) is 3.87. The molecule has 0 bridgehead atoms. The van der Waals surface area contributed by atoms with Gasteiger partial charge in [-0.3, -0.25) is 0 Å². The molecule has 0 heterocycles. The maximum absolute atomic E-state index is 6.34. The fourth-order valence-electron chi connectivity index (χ4n) is 2.17. The van der Waals surface area contributed by atoms with Crippen molar-refractivity contribution in [1.29, 1.82) is 0 Å². The highest BCUT2D eigenvalue weighted by Crippen LogP contribution is 2.31. The van der Waals surface area contributed by atoms with Crippen LogP contribution < -0.4 is 5.73 Å². The number of thioether (sulfide) groups is 1. The summed E-state index contributed by atoms with van der Waals surface area (Å²) in [5.41, 5.74) is 8.93. The van der Waals surface area contributed by atoms with Gasteiger partial charge in [-0.05, 0) is 29.2 Å². The zero-order chi connectivity index (χ0) is 14.5. The number of rotatable bonds is 5. The lowest BCUT2D eigenvalue weighted by Crippen LogP contribution is -2.20. The highest BCUT2D eigenvalue weighted by atomic mass is 32.2. The van der Waals surface area contributed by atoms with Crippen LogP contribution in [0.4, 0.5) is 0 Å². The average Bonchev–Trinajstić information content (AvgIpc) is 2.48. The minimum absolute atomic E-state index is 0.0611. The monoisotopic (exact) mass is 285 g/mol. The van der Waals surface area contributed by atoms with E-state index in [4.69, 9.17) is 5.73 Å². The van der Waals surface area contributed by atoms with Crippen LogP contribution in [-0.4, -0.2) is 5.25 Å². The van der Waals surface area contributed by atoms with E-state index in [2.05, 4.69) is 57.2 Å². The number of benzene rings is 2. The van der Waals surface area contributed by atoms with Crippen molar-refractivity contribution in [2.24, 2.45) is 5.73 Å². The van der Waals surface area contributed by atoms with Gasteiger partial charge in [0.05, 0.1) is 0 Å². The highest BCUT2D eigenvalue weighted by molar-refractivity contribution is 8.00. The summed E-state index contributed by atoms with van der Waals surface area (Å²) in [7, 11) is 0. The number of nitrogens with two attached hydrogens (primary N) is 1. The Morgan fingerprint density at radius 3 is 1.95 bits per heavy atom. The summed E-state index contributed by atoms with van der Waals surface area (Å²) in [6.07, 6.45) is 0. The second kappa shape index (κ2) is 6.96. The minimum atomic E-state index is 0.0611. The Labute approximate surface area is 126 Å². The first-order valence-corrected chi connectivity index (χ1v) is 8.03. The third-order valence-electron chi connectivity index (χ3n) is 3.56. The predicted octanol–water partition coefficient (Wildman–Crippen LogP) is 4.99. The molecule has 0 aliphatic carbocycles. The molecule has 2 aromatic rings. The van der Waals surface area contributed by atoms with E-state index in [1.807, 2.05) is 30.0 Å². The van der Waals surface area contributed by atoms with Crippen molar-refractivity contribution in [3.05, 3.63) is 65.7 Å². The van der Waals surface area contributed by atoms with Gasteiger partial charge in [0.15, 0.2) is 0 Å². The van der Waals surface area contributed by atoms with Crippen molar-refractivity contribution >= 4 is 11.8 Å². The van der Waals surface area contributed by atoms with Crippen molar-refractivity contribution in [2.45, 2.75) is 42.9 Å². The van der Waals surface area contributed by atoms with Crippen LogP contribution in [0.3, 0.4) is 0 Å². The quantitative estimate of drug-likeness (QED) is 0.783. The molecule has 0 saturated heterocycles. The van der Waals surface area contributed by atoms with Gasteiger partial charge < -0.3 is 5.73 Å². The Balaban J connectivity index is 2.02. The molecule has 2 heteroatoms. The Morgan fingerprint density at radius 1 is 0.800 bits per heavy atom. The molecule has 0 fully saturated rings. The zero-order valence-corrected chi connectivity index (χ0v) is 13.2. The van der Waals surface area contributed by atoms with Crippen LogP contribution in [0.5, 0.6) is 0 Å². The smallest absolute Gasteiger partial charge is 0.0416 e. The lowest BCUT2D eigenvalue weighted by atomic mass is 10.0. The summed E-state index contributed by atoms with van der Waals surface area (Å²) >= 11 is 1.84. The lowest BCUT2D eigenvalue weighted by Gasteiger charge is -2.20. The average molecular weight is 285 g/mol. The molecular weight excluding hydrogens is 262 g/mol. The van der Waals surface area contributed by atoms with Gasteiger partial charge >= 0.3 is 0 Å². The molecule has 0 aromatic heterocycles. The van der Waals surface area contributed by atoms with E-state index >= 15 is 0 Å². The largest absolute Gasteiger partial charge is 0.323 e. The van der Waals surface area contributed by atoms with Gasteiger partial charge in [0.25, 0.3) is 0 Å². The minimum Gasteiger partial charge on any atom is -0.323 e. The summed E-state index contributed by atoms with van der Waals surface area (Å²) in [4.78, 5) is 1.29.